The summed E-state index contributed by atoms with van der Waals surface area (Å²) in [5.41, 5.74) is 0. The zero-order valence-electron chi connectivity index (χ0n) is 11.0. The van der Waals surface area contributed by atoms with Crippen molar-refractivity contribution in [3.63, 3.8) is 0 Å². The van der Waals surface area contributed by atoms with E-state index < -0.39 is 6.10 Å². The molecule has 1 atom stereocenters. The summed E-state index contributed by atoms with van der Waals surface area (Å²) in [6, 6.07) is 1.85. The summed E-state index contributed by atoms with van der Waals surface area (Å²) in [6.45, 7) is 3.76. The molecule has 1 aromatic rings. The minimum atomic E-state index is -0.880. The third kappa shape index (κ3) is 4.70. The monoisotopic (exact) mass is 271 g/mol. The Hall–Kier alpha value is -1.01. The molecular weight excluding hydrogens is 250 g/mol. The van der Waals surface area contributed by atoms with Crippen LogP contribution >= 0.6 is 11.8 Å². The highest BCUT2D eigenvalue weighted by molar-refractivity contribution is 7.98. The quantitative estimate of drug-likeness (QED) is 0.761. The van der Waals surface area contributed by atoms with Crippen LogP contribution in [0.15, 0.2) is 18.5 Å². The fourth-order valence-electron chi connectivity index (χ4n) is 1.64. The number of hydrogen-bond donors (Lipinski definition) is 1. The number of carbonyl (C=O) groups is 1. The maximum Gasteiger partial charge on any atom is 0.251 e. The van der Waals surface area contributed by atoms with E-state index in [0.29, 0.717) is 26.1 Å². The van der Waals surface area contributed by atoms with Crippen LogP contribution in [0.2, 0.25) is 0 Å². The van der Waals surface area contributed by atoms with Crippen molar-refractivity contribution in [1.29, 1.82) is 0 Å². The normalized spacial score (nSPS) is 12.4. The van der Waals surface area contributed by atoms with Crippen molar-refractivity contribution >= 4 is 17.7 Å². The molecule has 1 amide bonds. The Balaban J connectivity index is 2.41. The number of rotatable bonds is 8. The highest BCUT2D eigenvalue weighted by Crippen LogP contribution is 2.04. The number of aliphatic hydroxyl groups excluding tert-OH is 1. The van der Waals surface area contributed by atoms with Crippen LogP contribution in [0.1, 0.15) is 13.3 Å². The van der Waals surface area contributed by atoms with Gasteiger partial charge in [0.25, 0.3) is 5.91 Å². The molecule has 1 unspecified atom stereocenters. The Labute approximate surface area is 112 Å². The number of aromatic nitrogens is 2. The number of thioether (sulfide) groups is 1. The SMILES string of the molecule is CCN(CCn1cccn1)C(=O)C(O)CCSC. The van der Waals surface area contributed by atoms with E-state index in [-0.39, 0.29) is 5.91 Å². The lowest BCUT2D eigenvalue weighted by molar-refractivity contribution is -0.140. The molecule has 1 heterocycles. The Morgan fingerprint density at radius 3 is 2.94 bits per heavy atom. The van der Waals surface area contributed by atoms with Crippen LogP contribution in [0.5, 0.6) is 0 Å². The molecule has 0 saturated heterocycles. The van der Waals surface area contributed by atoms with Gasteiger partial charge in [-0.25, -0.2) is 0 Å². The first-order valence-corrected chi connectivity index (χ1v) is 7.51. The molecule has 5 nitrogen and oxygen atoms in total. The van der Waals surface area contributed by atoms with Crippen LogP contribution < -0.4 is 0 Å². The molecule has 1 N–H and O–H groups in total. The number of amides is 1. The Morgan fingerprint density at radius 1 is 1.61 bits per heavy atom. The molecule has 102 valence electrons. The van der Waals surface area contributed by atoms with E-state index in [9.17, 15) is 9.90 Å². The lowest BCUT2D eigenvalue weighted by Crippen LogP contribution is -2.41. The Morgan fingerprint density at radius 2 is 2.39 bits per heavy atom. The van der Waals surface area contributed by atoms with E-state index in [1.54, 1.807) is 27.5 Å². The fraction of sp³-hybridized carbons (Fsp3) is 0.667. The van der Waals surface area contributed by atoms with E-state index in [4.69, 9.17) is 0 Å². The summed E-state index contributed by atoms with van der Waals surface area (Å²) < 4.78 is 1.78. The van der Waals surface area contributed by atoms with Crippen molar-refractivity contribution in [3.8, 4) is 0 Å². The molecule has 18 heavy (non-hydrogen) atoms. The maximum absolute atomic E-state index is 12.0. The largest absolute Gasteiger partial charge is 0.383 e. The van der Waals surface area contributed by atoms with Crippen molar-refractivity contribution in [2.45, 2.75) is 26.0 Å². The number of aliphatic hydroxyl groups is 1. The summed E-state index contributed by atoms with van der Waals surface area (Å²) in [7, 11) is 0. The van der Waals surface area contributed by atoms with Gasteiger partial charge in [0.05, 0.1) is 6.54 Å². The van der Waals surface area contributed by atoms with Gasteiger partial charge in [-0.1, -0.05) is 0 Å². The van der Waals surface area contributed by atoms with Crippen LogP contribution in [-0.4, -0.2) is 56.9 Å². The summed E-state index contributed by atoms with van der Waals surface area (Å²) in [5, 5.41) is 13.9. The van der Waals surface area contributed by atoms with Gasteiger partial charge in [-0.3, -0.25) is 9.48 Å². The van der Waals surface area contributed by atoms with Crippen molar-refractivity contribution < 1.29 is 9.90 Å². The van der Waals surface area contributed by atoms with E-state index in [0.717, 1.165) is 5.75 Å². The van der Waals surface area contributed by atoms with Crippen LogP contribution in [0.4, 0.5) is 0 Å². The van der Waals surface area contributed by atoms with Gasteiger partial charge in [0.2, 0.25) is 0 Å². The number of likely N-dealkylation sites (N-methyl/N-ethyl adjacent to an activating group) is 1. The minimum absolute atomic E-state index is 0.182. The second-order valence-electron chi connectivity index (χ2n) is 3.98. The van der Waals surface area contributed by atoms with Gasteiger partial charge in [-0.15, -0.1) is 0 Å². The Bertz CT molecular complexity index is 343. The van der Waals surface area contributed by atoms with Crippen molar-refractivity contribution in [3.05, 3.63) is 18.5 Å². The topological polar surface area (TPSA) is 58.4 Å². The molecule has 0 spiro atoms. The first-order chi connectivity index (χ1) is 8.69. The van der Waals surface area contributed by atoms with E-state index in [1.807, 2.05) is 25.4 Å². The van der Waals surface area contributed by atoms with Crippen LogP contribution in [0.25, 0.3) is 0 Å². The van der Waals surface area contributed by atoms with Gasteiger partial charge in [-0.2, -0.15) is 16.9 Å². The van der Waals surface area contributed by atoms with Gasteiger partial charge in [0, 0.05) is 25.5 Å². The Kier molecular flexibility index (Phi) is 6.82. The zero-order valence-corrected chi connectivity index (χ0v) is 11.8. The average Bonchev–Trinajstić information content (AvgIpc) is 2.89. The first-order valence-electron chi connectivity index (χ1n) is 6.12. The number of nitrogens with zero attached hydrogens (tertiary/aromatic N) is 3. The standard InChI is InChI=1S/C12H21N3O2S/c1-3-14(8-9-15-7-4-6-13-15)12(17)11(16)5-10-18-2/h4,6-7,11,16H,3,5,8-10H2,1-2H3. The number of carbonyl (C=O) groups excluding carboxylic acids is 1. The molecule has 0 aliphatic rings. The van der Waals surface area contributed by atoms with Gasteiger partial charge in [0.15, 0.2) is 0 Å². The molecule has 0 bridgehead atoms. The lowest BCUT2D eigenvalue weighted by Gasteiger charge is -2.23. The first kappa shape index (κ1) is 15.0. The fourth-order valence-corrected chi connectivity index (χ4v) is 2.10. The van der Waals surface area contributed by atoms with Gasteiger partial charge in [0.1, 0.15) is 6.10 Å². The molecule has 1 aromatic heterocycles. The highest BCUT2D eigenvalue weighted by Gasteiger charge is 2.20. The summed E-state index contributed by atoms with van der Waals surface area (Å²) >= 11 is 1.63. The molecule has 0 aliphatic carbocycles. The van der Waals surface area contributed by atoms with Gasteiger partial charge in [-0.05, 0) is 31.4 Å². The smallest absolute Gasteiger partial charge is 0.251 e. The highest BCUT2D eigenvalue weighted by atomic mass is 32.2. The number of hydrogen-bond acceptors (Lipinski definition) is 4. The zero-order chi connectivity index (χ0) is 13.4. The van der Waals surface area contributed by atoms with Crippen LogP contribution in [0, 0.1) is 0 Å². The van der Waals surface area contributed by atoms with E-state index in [1.165, 1.54) is 0 Å². The predicted molar refractivity (Wildman–Crippen MR) is 73.5 cm³/mol. The molecule has 0 aromatic carbocycles. The third-order valence-corrected chi connectivity index (χ3v) is 3.38. The van der Waals surface area contributed by atoms with Crippen molar-refractivity contribution in [2.24, 2.45) is 0 Å². The van der Waals surface area contributed by atoms with Crippen LogP contribution in [-0.2, 0) is 11.3 Å². The molecule has 6 heteroatoms. The summed E-state index contributed by atoms with van der Waals surface area (Å²) in [5.74, 6) is 0.614. The van der Waals surface area contributed by atoms with Crippen molar-refractivity contribution in [1.82, 2.24) is 14.7 Å². The van der Waals surface area contributed by atoms with Gasteiger partial charge >= 0.3 is 0 Å². The molecule has 0 saturated carbocycles. The van der Waals surface area contributed by atoms with E-state index in [2.05, 4.69) is 5.10 Å². The van der Waals surface area contributed by atoms with Gasteiger partial charge < -0.3 is 10.0 Å². The second kappa shape index (κ2) is 8.16. The van der Waals surface area contributed by atoms with Crippen molar-refractivity contribution in [2.75, 3.05) is 25.1 Å². The second-order valence-corrected chi connectivity index (χ2v) is 4.97. The molecule has 0 radical (unpaired) electrons. The maximum atomic E-state index is 12.0. The van der Waals surface area contributed by atoms with E-state index >= 15 is 0 Å². The molecular formula is C12H21N3O2S. The predicted octanol–water partition coefficient (Wildman–Crippen LogP) is 0.846. The summed E-state index contributed by atoms with van der Waals surface area (Å²) in [6.07, 6.45) is 5.17. The lowest BCUT2D eigenvalue weighted by atomic mass is 10.2. The molecule has 0 aliphatic heterocycles. The summed E-state index contributed by atoms with van der Waals surface area (Å²) in [4.78, 5) is 13.6. The van der Waals surface area contributed by atoms with Crippen LogP contribution in [0.3, 0.4) is 0 Å². The average molecular weight is 271 g/mol. The molecule has 0 fully saturated rings. The minimum Gasteiger partial charge on any atom is -0.383 e. The molecule has 1 rings (SSSR count). The third-order valence-electron chi connectivity index (χ3n) is 2.73.